The van der Waals surface area contributed by atoms with Gasteiger partial charge in [0.05, 0.1) is 28.8 Å². The van der Waals surface area contributed by atoms with Gasteiger partial charge in [0, 0.05) is 26.1 Å². The number of carbonyl (C=O) groups excluding carboxylic acids is 1. The lowest BCUT2D eigenvalue weighted by Gasteiger charge is -2.13. The van der Waals surface area contributed by atoms with Crippen LogP contribution in [0.4, 0.5) is 0 Å². The number of benzene rings is 1. The quantitative estimate of drug-likeness (QED) is 0.551. The summed E-state index contributed by atoms with van der Waals surface area (Å²) in [6.07, 6.45) is 3.00. The van der Waals surface area contributed by atoms with Gasteiger partial charge >= 0.3 is 0 Å². The van der Waals surface area contributed by atoms with E-state index in [1.54, 1.807) is 22.8 Å². The van der Waals surface area contributed by atoms with Gasteiger partial charge < -0.3 is 10.1 Å². The zero-order valence-corrected chi connectivity index (χ0v) is 15.8. The van der Waals surface area contributed by atoms with Crippen molar-refractivity contribution in [2.24, 2.45) is 0 Å². The Labute approximate surface area is 161 Å². The molecule has 142 valence electrons. The number of nitrogens with one attached hydrogen (secondary N) is 1. The van der Waals surface area contributed by atoms with E-state index in [1.165, 1.54) is 11.8 Å². The third-order valence-electron chi connectivity index (χ3n) is 4.43. The Hall–Kier alpha value is -2.37. The molecule has 2 aromatic rings. The summed E-state index contributed by atoms with van der Waals surface area (Å²) in [6.45, 7) is 1.69. The van der Waals surface area contributed by atoms with Gasteiger partial charge in [-0.25, -0.2) is 4.98 Å². The van der Waals surface area contributed by atoms with E-state index in [4.69, 9.17) is 10.00 Å². The van der Waals surface area contributed by atoms with E-state index in [0.29, 0.717) is 42.0 Å². The van der Waals surface area contributed by atoms with Crippen LogP contribution in [0.2, 0.25) is 0 Å². The van der Waals surface area contributed by atoms with Gasteiger partial charge in [-0.2, -0.15) is 5.26 Å². The van der Waals surface area contributed by atoms with E-state index in [2.05, 4.69) is 16.4 Å². The highest BCUT2D eigenvalue weighted by atomic mass is 32.2. The molecular weight excluding hydrogens is 364 g/mol. The van der Waals surface area contributed by atoms with Gasteiger partial charge in [0.2, 0.25) is 5.91 Å². The van der Waals surface area contributed by atoms with Crippen LogP contribution in [-0.4, -0.2) is 40.5 Å². The number of hydrogen-bond acceptors (Lipinski definition) is 6. The van der Waals surface area contributed by atoms with Crippen LogP contribution in [0.25, 0.3) is 10.9 Å². The van der Waals surface area contributed by atoms with E-state index in [0.717, 1.165) is 19.4 Å². The summed E-state index contributed by atoms with van der Waals surface area (Å²) < 4.78 is 7.06. The smallest absolute Gasteiger partial charge is 0.262 e. The monoisotopic (exact) mass is 386 g/mol. The fourth-order valence-electron chi connectivity index (χ4n) is 3.07. The Bertz CT molecular complexity index is 900. The van der Waals surface area contributed by atoms with Gasteiger partial charge in [0.15, 0.2) is 5.16 Å². The number of rotatable bonds is 8. The molecule has 0 aliphatic carbocycles. The Morgan fingerprint density at radius 3 is 3.07 bits per heavy atom. The first kappa shape index (κ1) is 19.4. The number of nitrogens with zero attached hydrogens (tertiary/aromatic N) is 3. The SMILES string of the molecule is N#CCSc1nc2ccccc2c(=O)n1CCCC(=O)NC[C@H]1CCCO1. The fourth-order valence-corrected chi connectivity index (χ4v) is 3.76. The maximum Gasteiger partial charge on any atom is 0.262 e. The van der Waals surface area contributed by atoms with Crippen LogP contribution in [-0.2, 0) is 16.1 Å². The van der Waals surface area contributed by atoms with Crippen LogP contribution < -0.4 is 10.9 Å². The predicted octanol–water partition coefficient (Wildman–Crippen LogP) is 2.09. The molecule has 1 aliphatic rings. The number of hydrogen-bond donors (Lipinski definition) is 1. The molecule has 0 spiro atoms. The lowest BCUT2D eigenvalue weighted by molar-refractivity contribution is -0.121. The second kappa shape index (κ2) is 9.53. The normalized spacial score (nSPS) is 16.3. The molecule has 1 aromatic carbocycles. The number of para-hydroxylation sites is 1. The molecule has 0 unspecified atom stereocenters. The van der Waals surface area contributed by atoms with E-state index < -0.39 is 0 Å². The highest BCUT2D eigenvalue weighted by Crippen LogP contribution is 2.18. The lowest BCUT2D eigenvalue weighted by atomic mass is 10.2. The highest BCUT2D eigenvalue weighted by Gasteiger charge is 2.16. The van der Waals surface area contributed by atoms with E-state index in [9.17, 15) is 9.59 Å². The van der Waals surface area contributed by atoms with Crippen LogP contribution in [0.15, 0.2) is 34.2 Å². The predicted molar refractivity (Wildman–Crippen MR) is 104 cm³/mol. The minimum Gasteiger partial charge on any atom is -0.376 e. The van der Waals surface area contributed by atoms with Crippen molar-refractivity contribution < 1.29 is 9.53 Å². The number of nitriles is 1. The third kappa shape index (κ3) is 5.08. The Morgan fingerprint density at radius 1 is 1.44 bits per heavy atom. The molecule has 3 rings (SSSR count). The lowest BCUT2D eigenvalue weighted by Crippen LogP contribution is -2.32. The second-order valence-electron chi connectivity index (χ2n) is 6.36. The Morgan fingerprint density at radius 2 is 2.30 bits per heavy atom. The molecule has 8 heteroatoms. The summed E-state index contributed by atoms with van der Waals surface area (Å²) >= 11 is 1.24. The minimum atomic E-state index is -0.138. The molecule has 1 saturated heterocycles. The number of ether oxygens (including phenoxy) is 1. The zero-order valence-electron chi connectivity index (χ0n) is 15.0. The van der Waals surface area contributed by atoms with Crippen LogP contribution in [0.1, 0.15) is 25.7 Å². The summed E-state index contributed by atoms with van der Waals surface area (Å²) in [6, 6.07) is 9.22. The summed E-state index contributed by atoms with van der Waals surface area (Å²) in [5.41, 5.74) is 0.481. The van der Waals surface area contributed by atoms with Crippen molar-refractivity contribution in [2.75, 3.05) is 18.9 Å². The molecule has 1 fully saturated rings. The minimum absolute atomic E-state index is 0.0430. The van der Waals surface area contributed by atoms with Crippen molar-refractivity contribution in [3.8, 4) is 6.07 Å². The maximum absolute atomic E-state index is 12.8. The number of fused-ring (bicyclic) bond motifs is 1. The number of amides is 1. The molecule has 0 bridgehead atoms. The summed E-state index contributed by atoms with van der Waals surface area (Å²) in [5, 5.41) is 12.8. The molecular formula is C19H22N4O3S. The van der Waals surface area contributed by atoms with Crippen molar-refractivity contribution in [1.29, 1.82) is 5.26 Å². The number of aromatic nitrogens is 2. The van der Waals surface area contributed by atoms with Crippen molar-refractivity contribution in [1.82, 2.24) is 14.9 Å². The second-order valence-corrected chi connectivity index (χ2v) is 7.30. The Balaban J connectivity index is 1.64. The van der Waals surface area contributed by atoms with E-state index in [-0.39, 0.29) is 23.3 Å². The third-order valence-corrected chi connectivity index (χ3v) is 5.27. The molecule has 1 aliphatic heterocycles. The first-order valence-electron chi connectivity index (χ1n) is 9.06. The molecule has 0 saturated carbocycles. The van der Waals surface area contributed by atoms with E-state index >= 15 is 0 Å². The van der Waals surface area contributed by atoms with Gasteiger partial charge in [-0.1, -0.05) is 23.9 Å². The molecule has 1 amide bonds. The molecule has 27 heavy (non-hydrogen) atoms. The molecule has 2 heterocycles. The Kier molecular flexibility index (Phi) is 6.85. The number of carbonyl (C=O) groups is 1. The number of thioether (sulfide) groups is 1. The van der Waals surface area contributed by atoms with Crippen molar-refractivity contribution in [3.05, 3.63) is 34.6 Å². The maximum atomic E-state index is 12.8. The summed E-state index contributed by atoms with van der Waals surface area (Å²) in [7, 11) is 0. The van der Waals surface area contributed by atoms with Gasteiger partial charge in [0.1, 0.15) is 0 Å². The largest absolute Gasteiger partial charge is 0.376 e. The molecule has 1 aromatic heterocycles. The van der Waals surface area contributed by atoms with E-state index in [1.807, 2.05) is 6.07 Å². The fraction of sp³-hybridized carbons (Fsp3) is 0.474. The molecule has 1 N–H and O–H groups in total. The molecule has 0 radical (unpaired) electrons. The summed E-state index contributed by atoms with van der Waals surface area (Å²) in [5.74, 6) is 0.172. The standard InChI is InChI=1S/C19H22N4O3S/c20-9-12-27-19-22-16-7-2-1-6-15(16)18(25)23(19)10-3-8-17(24)21-13-14-5-4-11-26-14/h1-2,6-7,14H,3-5,8,10-13H2,(H,21,24)/t14-/m1/s1. The van der Waals surface area contributed by atoms with Crippen LogP contribution in [0.5, 0.6) is 0 Å². The van der Waals surface area contributed by atoms with Crippen molar-refractivity contribution in [3.63, 3.8) is 0 Å². The molecule has 1 atom stereocenters. The van der Waals surface area contributed by atoms with Crippen molar-refractivity contribution >= 4 is 28.6 Å². The average molecular weight is 386 g/mol. The zero-order chi connectivity index (χ0) is 19.1. The average Bonchev–Trinajstić information content (AvgIpc) is 3.20. The van der Waals surface area contributed by atoms with Crippen LogP contribution in [0, 0.1) is 11.3 Å². The van der Waals surface area contributed by atoms with Crippen LogP contribution in [0.3, 0.4) is 0 Å². The van der Waals surface area contributed by atoms with Gasteiger partial charge in [-0.15, -0.1) is 0 Å². The molecule has 7 nitrogen and oxygen atoms in total. The highest BCUT2D eigenvalue weighted by molar-refractivity contribution is 7.99. The van der Waals surface area contributed by atoms with Crippen LogP contribution >= 0.6 is 11.8 Å². The van der Waals surface area contributed by atoms with Gasteiger partial charge in [0.25, 0.3) is 5.56 Å². The first-order chi connectivity index (χ1) is 13.2. The van der Waals surface area contributed by atoms with Gasteiger partial charge in [-0.3, -0.25) is 14.2 Å². The first-order valence-corrected chi connectivity index (χ1v) is 10.0. The summed E-state index contributed by atoms with van der Waals surface area (Å²) in [4.78, 5) is 29.3. The topological polar surface area (TPSA) is 97.0 Å². The van der Waals surface area contributed by atoms with Gasteiger partial charge in [-0.05, 0) is 31.4 Å². The van der Waals surface area contributed by atoms with Crippen molar-refractivity contribution in [2.45, 2.75) is 43.5 Å².